The van der Waals surface area contributed by atoms with E-state index < -0.39 is 6.04 Å². The largest absolute Gasteiger partial charge is 0.259 e. The highest BCUT2D eigenvalue weighted by molar-refractivity contribution is 6.31. The van der Waals surface area contributed by atoms with Gasteiger partial charge in [0.1, 0.15) is 5.69 Å². The number of nitrogens with zero attached hydrogens (tertiary/aromatic N) is 2. The fourth-order valence-electron chi connectivity index (χ4n) is 2.10. The average molecular weight is 263 g/mol. The van der Waals surface area contributed by atoms with Crippen molar-refractivity contribution in [2.24, 2.45) is 7.05 Å². The van der Waals surface area contributed by atoms with Crippen LogP contribution in [0.25, 0.3) is 16.7 Å². The van der Waals surface area contributed by atoms with Crippen LogP contribution < -0.4 is 4.57 Å². The summed E-state index contributed by atoms with van der Waals surface area (Å²) < 4.78 is 43.3. The minimum atomic E-state index is -0.403. The Labute approximate surface area is 118 Å². The Hall–Kier alpha value is -1.80. The van der Waals surface area contributed by atoms with E-state index in [0.717, 1.165) is 11.3 Å². The van der Waals surface area contributed by atoms with E-state index in [1.165, 1.54) is 0 Å². The van der Waals surface area contributed by atoms with Gasteiger partial charge in [-0.15, -0.1) is 0 Å². The summed E-state index contributed by atoms with van der Waals surface area (Å²) in [6, 6.07) is 3.74. The van der Waals surface area contributed by atoms with Gasteiger partial charge in [0.2, 0.25) is 0 Å². The van der Waals surface area contributed by atoms with Gasteiger partial charge in [-0.25, -0.2) is 4.57 Å². The van der Waals surface area contributed by atoms with Gasteiger partial charge in [0.05, 0.1) is 13.9 Å². The third kappa shape index (κ3) is 1.61. The quantitative estimate of drug-likeness (QED) is 0.594. The van der Waals surface area contributed by atoms with Gasteiger partial charge in [-0.3, -0.25) is 0 Å². The molecule has 0 saturated heterocycles. The predicted octanol–water partition coefficient (Wildman–Crippen LogP) is 3.42. The third-order valence-corrected chi connectivity index (χ3v) is 3.29. The Morgan fingerprint density at radius 2 is 1.94 bits per heavy atom. The van der Waals surface area contributed by atoms with E-state index in [0.29, 0.717) is 10.5 Å². The second-order valence-electron chi connectivity index (χ2n) is 4.05. The highest BCUT2D eigenvalue weighted by Crippen LogP contribution is 2.22. The first-order valence-corrected chi connectivity index (χ1v) is 5.87. The fraction of sp³-hybridized carbons (Fsp3) is 0.133. The van der Waals surface area contributed by atoms with Crippen LogP contribution in [0.3, 0.4) is 0 Å². The zero-order valence-electron chi connectivity index (χ0n) is 15.0. The maximum absolute atomic E-state index is 8.17. The summed E-state index contributed by atoms with van der Waals surface area (Å²) in [5, 5.41) is 0.518. The number of fused-ring (bicyclic) bond motifs is 1. The Kier molecular flexibility index (Phi) is 1.60. The maximum Gasteiger partial charge on any atom is 0.259 e. The van der Waals surface area contributed by atoms with Crippen LogP contribution in [0.5, 0.6) is 0 Å². The van der Waals surface area contributed by atoms with Gasteiger partial charge in [-0.05, 0) is 24.2 Å². The summed E-state index contributed by atoms with van der Waals surface area (Å²) in [4.78, 5) is 0. The Morgan fingerprint density at radius 1 is 1.22 bits per heavy atom. The molecule has 0 bridgehead atoms. The van der Waals surface area contributed by atoms with Crippen LogP contribution in [-0.4, -0.2) is 4.57 Å². The van der Waals surface area contributed by atoms with Crippen molar-refractivity contribution in [3.63, 3.8) is 0 Å². The first kappa shape index (κ1) is 6.95. The number of rotatable bonds is 1. The number of aromatic nitrogens is 2. The number of hydrogen-bond donors (Lipinski definition) is 0. The minimum Gasteiger partial charge on any atom is -0.230 e. The number of hydrogen-bond acceptors (Lipinski definition) is 0. The van der Waals surface area contributed by atoms with Gasteiger partial charge in [0, 0.05) is 18.0 Å². The second-order valence-corrected chi connectivity index (χ2v) is 4.48. The van der Waals surface area contributed by atoms with E-state index in [1.54, 1.807) is 16.7 Å². The van der Waals surface area contributed by atoms with Crippen molar-refractivity contribution in [2.75, 3.05) is 0 Å². The average Bonchev–Trinajstić information content (AvgIpc) is 2.76. The molecule has 0 fully saturated rings. The van der Waals surface area contributed by atoms with Crippen LogP contribution in [-0.2, 0) is 7.05 Å². The first-order chi connectivity index (χ1) is 10.8. The van der Waals surface area contributed by atoms with Gasteiger partial charge in [0.25, 0.3) is 5.82 Å². The lowest BCUT2D eigenvalue weighted by molar-refractivity contribution is -0.652. The summed E-state index contributed by atoms with van der Waals surface area (Å²) in [6.07, 6.45) is 0. The Morgan fingerprint density at radius 3 is 2.67 bits per heavy atom. The van der Waals surface area contributed by atoms with Crippen molar-refractivity contribution in [2.45, 2.75) is 6.92 Å². The molecular formula is C15H14ClN2+. The molecule has 0 aliphatic carbocycles. The Balaban J connectivity index is 2.53. The molecule has 0 unspecified atom stereocenters. The highest BCUT2D eigenvalue weighted by Gasteiger charge is 2.20. The number of benzene rings is 2. The van der Waals surface area contributed by atoms with Crippen LogP contribution in [0.1, 0.15) is 12.7 Å². The molecule has 3 rings (SSSR count). The van der Waals surface area contributed by atoms with E-state index in [9.17, 15) is 0 Å². The molecule has 0 aliphatic rings. The summed E-state index contributed by atoms with van der Waals surface area (Å²) in [6.45, 7) is 1.83. The van der Waals surface area contributed by atoms with Crippen molar-refractivity contribution in [1.82, 2.24) is 4.57 Å². The van der Waals surface area contributed by atoms with Crippen molar-refractivity contribution >= 4 is 22.6 Å². The van der Waals surface area contributed by atoms with Gasteiger partial charge < -0.3 is 0 Å². The summed E-state index contributed by atoms with van der Waals surface area (Å²) in [5.41, 5.74) is 1.68. The van der Waals surface area contributed by atoms with Crippen molar-refractivity contribution < 1.29 is 11.4 Å². The lowest BCUT2D eigenvalue weighted by atomic mass is 10.3. The molecule has 0 atom stereocenters. The minimum absolute atomic E-state index is 0.126. The maximum atomic E-state index is 8.17. The molecule has 3 heteroatoms. The molecule has 2 aromatic carbocycles. The van der Waals surface area contributed by atoms with E-state index >= 15 is 0 Å². The lowest BCUT2D eigenvalue weighted by Crippen LogP contribution is -2.30. The molecule has 0 aliphatic heterocycles. The van der Waals surface area contributed by atoms with Crippen LogP contribution in [0.2, 0.25) is 5.02 Å². The molecule has 2 nitrogen and oxygen atoms in total. The number of halogens is 1. The van der Waals surface area contributed by atoms with Crippen LogP contribution in [0.15, 0.2) is 48.4 Å². The molecule has 1 aromatic heterocycles. The molecule has 0 N–H and O–H groups in total. The molecule has 0 spiro atoms. The van der Waals surface area contributed by atoms with Gasteiger partial charge in [-0.1, -0.05) is 29.7 Å². The van der Waals surface area contributed by atoms with E-state index in [1.807, 2.05) is 24.6 Å². The molecule has 0 saturated carbocycles. The molecule has 3 aromatic rings. The molecule has 90 valence electrons. The lowest BCUT2D eigenvalue weighted by Gasteiger charge is -1.99. The summed E-state index contributed by atoms with van der Waals surface area (Å²) >= 11 is 6.09. The van der Waals surface area contributed by atoms with Crippen molar-refractivity contribution in [3.05, 3.63) is 59.3 Å². The normalized spacial score (nSPS) is 14.9. The summed E-state index contributed by atoms with van der Waals surface area (Å²) in [5.74, 6) is 0.737. The molecule has 18 heavy (non-hydrogen) atoms. The van der Waals surface area contributed by atoms with Crippen LogP contribution in [0.4, 0.5) is 0 Å². The molecular weight excluding hydrogens is 244 g/mol. The van der Waals surface area contributed by atoms with Gasteiger partial charge in [-0.2, -0.15) is 4.57 Å². The van der Waals surface area contributed by atoms with Crippen molar-refractivity contribution in [1.29, 1.82) is 0 Å². The predicted molar refractivity (Wildman–Crippen MR) is 74.2 cm³/mol. The van der Waals surface area contributed by atoms with Crippen LogP contribution >= 0.6 is 11.6 Å². The second kappa shape index (κ2) is 4.14. The van der Waals surface area contributed by atoms with E-state index in [4.69, 9.17) is 18.5 Å². The number of aryl methyl sites for hydroxylation is 1. The van der Waals surface area contributed by atoms with Gasteiger partial charge >= 0.3 is 0 Å². The zero-order chi connectivity index (χ0) is 17.0. The Bertz CT molecular complexity index is 936. The van der Waals surface area contributed by atoms with Crippen LogP contribution in [0, 0.1) is 6.92 Å². The van der Waals surface area contributed by atoms with E-state index in [2.05, 4.69) is 0 Å². The van der Waals surface area contributed by atoms with Gasteiger partial charge in [0.15, 0.2) is 11.0 Å². The highest BCUT2D eigenvalue weighted by atomic mass is 35.5. The first-order valence-electron chi connectivity index (χ1n) is 7.99. The smallest absolute Gasteiger partial charge is 0.230 e. The topological polar surface area (TPSA) is 8.81 Å². The molecule has 0 amide bonds. The number of imidazole rings is 1. The SMILES string of the molecule is [2H]c1c([2H])c([2H])c(-n2c(C)[n+](C)c3ccc(Cl)cc32)c([2H])c1[2H]. The summed E-state index contributed by atoms with van der Waals surface area (Å²) in [7, 11) is 1.86. The monoisotopic (exact) mass is 262 g/mol. The standard InChI is InChI=1S/C15H14ClN2/c1-11-17(2)14-9-8-12(16)10-15(14)18(11)13-6-4-3-5-7-13/h3-10H,1-2H3/q+1/i3D,4D,5D,6D,7D. The molecule has 1 heterocycles. The molecule has 0 radical (unpaired) electrons. The van der Waals surface area contributed by atoms with Crippen molar-refractivity contribution in [3.8, 4) is 5.69 Å². The fourth-order valence-corrected chi connectivity index (χ4v) is 2.26. The zero-order valence-corrected chi connectivity index (χ0v) is 10.8. The third-order valence-electron chi connectivity index (χ3n) is 3.06. The number of para-hydroxylation sites is 1. The van der Waals surface area contributed by atoms with E-state index in [-0.39, 0.29) is 29.9 Å².